The minimum absolute atomic E-state index is 0.163. The number of phenols is 1. The molecule has 9 heteroatoms. The molecule has 33 heavy (non-hydrogen) atoms. The number of phenolic OH excluding ortho intramolecular Hbond substituents is 1. The molecular weight excluding hydrogens is 416 g/mol. The lowest BCUT2D eigenvalue weighted by Crippen LogP contribution is -2.35. The van der Waals surface area contributed by atoms with Gasteiger partial charge in [0.2, 0.25) is 5.82 Å². The Morgan fingerprint density at radius 1 is 1.18 bits per heavy atom. The number of nitrogen functional groups attached to an aromatic ring is 1. The summed E-state index contributed by atoms with van der Waals surface area (Å²) < 4.78 is 0. The van der Waals surface area contributed by atoms with E-state index in [1.807, 2.05) is 31.3 Å². The van der Waals surface area contributed by atoms with Gasteiger partial charge in [-0.25, -0.2) is 9.97 Å². The second-order valence-electron chi connectivity index (χ2n) is 7.91. The number of nitrogens with zero attached hydrogens (tertiary/aromatic N) is 6. The maximum atomic E-state index is 10.2. The van der Waals surface area contributed by atoms with E-state index in [9.17, 15) is 5.11 Å². The third kappa shape index (κ3) is 5.13. The van der Waals surface area contributed by atoms with Gasteiger partial charge in [0.25, 0.3) is 0 Å². The fourth-order valence-corrected chi connectivity index (χ4v) is 3.89. The average molecular weight is 445 g/mol. The number of hydrogen-bond donors (Lipinski definition) is 3. The van der Waals surface area contributed by atoms with Crippen molar-refractivity contribution in [3.63, 3.8) is 0 Å². The first-order valence-electron chi connectivity index (χ1n) is 11.0. The van der Waals surface area contributed by atoms with Crippen molar-refractivity contribution in [1.82, 2.24) is 25.5 Å². The maximum Gasteiger partial charge on any atom is 0.206 e. The van der Waals surface area contributed by atoms with Gasteiger partial charge in [0.1, 0.15) is 11.6 Å². The second-order valence-corrected chi connectivity index (χ2v) is 7.91. The standard InChI is InChI=1S/C24H28N8O/c1-17-10-13-31(14-15-32(17)23-9-12-27-22(28-23)8-5-11-26-2)20-16-19(29-30-24(20)25)18-6-3-4-7-21(18)33/h3-4,6-7,9,12,16-17,26,33H,10-11,13-15H2,1-2H3,(H2,25,30). The first-order valence-corrected chi connectivity index (χ1v) is 11.0. The first-order chi connectivity index (χ1) is 16.1. The van der Waals surface area contributed by atoms with E-state index in [4.69, 9.17) is 5.73 Å². The summed E-state index contributed by atoms with van der Waals surface area (Å²) >= 11 is 0. The van der Waals surface area contributed by atoms with E-state index in [0.717, 1.165) is 37.6 Å². The number of benzene rings is 1. The van der Waals surface area contributed by atoms with E-state index >= 15 is 0 Å². The van der Waals surface area contributed by atoms with Crippen LogP contribution in [-0.4, -0.2) is 64.5 Å². The number of anilines is 3. The number of aromatic hydroxyl groups is 1. The molecule has 3 heterocycles. The van der Waals surface area contributed by atoms with Crippen LogP contribution in [0.1, 0.15) is 19.2 Å². The van der Waals surface area contributed by atoms with E-state index < -0.39 is 0 Å². The zero-order chi connectivity index (χ0) is 23.2. The highest BCUT2D eigenvalue weighted by Gasteiger charge is 2.24. The van der Waals surface area contributed by atoms with Crippen LogP contribution in [0.3, 0.4) is 0 Å². The van der Waals surface area contributed by atoms with Gasteiger partial charge in [0.05, 0.1) is 17.9 Å². The van der Waals surface area contributed by atoms with E-state index in [1.165, 1.54) is 0 Å². The Bertz CT molecular complexity index is 1170. The van der Waals surface area contributed by atoms with Crippen molar-refractivity contribution in [2.75, 3.05) is 48.8 Å². The van der Waals surface area contributed by atoms with Gasteiger partial charge in [-0.15, -0.1) is 10.2 Å². The number of nitrogens with two attached hydrogens (primary N) is 1. The molecule has 0 amide bonds. The van der Waals surface area contributed by atoms with Crippen LogP contribution in [-0.2, 0) is 0 Å². The Morgan fingerprint density at radius 2 is 2.03 bits per heavy atom. The predicted octanol–water partition coefficient (Wildman–Crippen LogP) is 1.90. The van der Waals surface area contributed by atoms with Crippen LogP contribution in [0.4, 0.5) is 17.3 Å². The van der Waals surface area contributed by atoms with E-state index in [0.29, 0.717) is 29.4 Å². The molecule has 1 unspecified atom stereocenters. The van der Waals surface area contributed by atoms with Crippen LogP contribution in [0.25, 0.3) is 11.3 Å². The second kappa shape index (κ2) is 10.1. The number of rotatable bonds is 4. The van der Waals surface area contributed by atoms with Crippen molar-refractivity contribution < 1.29 is 5.11 Å². The van der Waals surface area contributed by atoms with Crippen molar-refractivity contribution in [3.8, 4) is 28.8 Å². The predicted molar refractivity (Wildman–Crippen MR) is 130 cm³/mol. The number of aromatic nitrogens is 4. The monoisotopic (exact) mass is 444 g/mol. The normalized spacial score (nSPS) is 16.1. The molecule has 9 nitrogen and oxygen atoms in total. The molecule has 1 aliphatic heterocycles. The highest BCUT2D eigenvalue weighted by molar-refractivity contribution is 5.74. The van der Waals surface area contributed by atoms with Crippen LogP contribution in [0.2, 0.25) is 0 Å². The van der Waals surface area contributed by atoms with Crippen LogP contribution in [0, 0.1) is 11.8 Å². The number of para-hydroxylation sites is 1. The van der Waals surface area contributed by atoms with Crippen molar-refractivity contribution in [2.24, 2.45) is 0 Å². The largest absolute Gasteiger partial charge is 0.507 e. The molecule has 3 aromatic rings. The van der Waals surface area contributed by atoms with Crippen molar-refractivity contribution in [3.05, 3.63) is 48.4 Å². The minimum Gasteiger partial charge on any atom is -0.507 e. The lowest BCUT2D eigenvalue weighted by molar-refractivity contribution is 0.477. The molecule has 1 fully saturated rings. The summed E-state index contributed by atoms with van der Waals surface area (Å²) in [6, 6.07) is 11.2. The Hall–Kier alpha value is -3.90. The fourth-order valence-electron chi connectivity index (χ4n) is 3.89. The molecule has 0 spiro atoms. The topological polar surface area (TPSA) is 116 Å². The van der Waals surface area contributed by atoms with E-state index in [-0.39, 0.29) is 11.8 Å². The van der Waals surface area contributed by atoms with Crippen molar-refractivity contribution in [2.45, 2.75) is 19.4 Å². The molecule has 4 N–H and O–H groups in total. The van der Waals surface area contributed by atoms with Gasteiger partial charge in [-0.3, -0.25) is 0 Å². The van der Waals surface area contributed by atoms with Crippen LogP contribution in [0.5, 0.6) is 5.75 Å². The molecule has 0 radical (unpaired) electrons. The zero-order valence-corrected chi connectivity index (χ0v) is 18.9. The fraction of sp³-hybridized carbons (Fsp3) is 0.333. The molecule has 170 valence electrons. The zero-order valence-electron chi connectivity index (χ0n) is 18.9. The molecule has 4 rings (SSSR count). The lowest BCUT2D eigenvalue weighted by atomic mass is 10.1. The lowest BCUT2D eigenvalue weighted by Gasteiger charge is -2.28. The summed E-state index contributed by atoms with van der Waals surface area (Å²) in [5, 5.41) is 21.6. The van der Waals surface area contributed by atoms with Crippen LogP contribution >= 0.6 is 0 Å². The Morgan fingerprint density at radius 3 is 2.85 bits per heavy atom. The average Bonchev–Trinajstić information content (AvgIpc) is 3.02. The molecule has 1 aliphatic rings. The third-order valence-electron chi connectivity index (χ3n) is 5.68. The summed E-state index contributed by atoms with van der Waals surface area (Å²) in [5.74, 6) is 7.93. The van der Waals surface area contributed by atoms with Gasteiger partial charge in [-0.05, 0) is 50.6 Å². The number of nitrogens with one attached hydrogen (secondary N) is 1. The van der Waals surface area contributed by atoms with E-state index in [2.05, 4.69) is 54.0 Å². The van der Waals surface area contributed by atoms with Gasteiger partial charge >= 0.3 is 0 Å². The molecule has 2 aromatic heterocycles. The van der Waals surface area contributed by atoms with Gasteiger partial charge < -0.3 is 26.0 Å². The summed E-state index contributed by atoms with van der Waals surface area (Å²) in [4.78, 5) is 13.4. The quantitative estimate of drug-likeness (QED) is 0.519. The highest BCUT2D eigenvalue weighted by atomic mass is 16.3. The summed E-state index contributed by atoms with van der Waals surface area (Å²) in [7, 11) is 1.85. The third-order valence-corrected chi connectivity index (χ3v) is 5.68. The van der Waals surface area contributed by atoms with Crippen LogP contribution in [0.15, 0.2) is 42.6 Å². The van der Waals surface area contributed by atoms with Gasteiger partial charge in [-0.1, -0.05) is 18.1 Å². The van der Waals surface area contributed by atoms with Crippen LogP contribution < -0.4 is 20.9 Å². The summed E-state index contributed by atoms with van der Waals surface area (Å²) in [5.41, 5.74) is 8.25. The molecule has 0 bridgehead atoms. The van der Waals surface area contributed by atoms with Crippen molar-refractivity contribution >= 4 is 17.3 Å². The number of hydrogen-bond acceptors (Lipinski definition) is 9. The Kier molecular flexibility index (Phi) is 6.86. The highest BCUT2D eigenvalue weighted by Crippen LogP contribution is 2.32. The minimum atomic E-state index is 0.163. The van der Waals surface area contributed by atoms with Crippen molar-refractivity contribution in [1.29, 1.82) is 0 Å². The molecule has 1 atom stereocenters. The Balaban J connectivity index is 1.56. The SMILES string of the molecule is CNCC#Cc1nccc(N2CCN(c3cc(-c4ccccc4O)nnc3N)CCC2C)n1. The summed E-state index contributed by atoms with van der Waals surface area (Å²) in [6.45, 7) is 5.10. The van der Waals surface area contributed by atoms with E-state index in [1.54, 1.807) is 18.3 Å². The molecule has 0 aliphatic carbocycles. The van der Waals surface area contributed by atoms with Gasteiger partial charge in [0, 0.05) is 37.4 Å². The molecule has 1 aromatic carbocycles. The first kappa shape index (κ1) is 22.3. The smallest absolute Gasteiger partial charge is 0.206 e. The summed E-state index contributed by atoms with van der Waals surface area (Å²) in [6.07, 6.45) is 2.67. The molecule has 0 saturated carbocycles. The van der Waals surface area contributed by atoms with Gasteiger partial charge in [0.15, 0.2) is 5.82 Å². The van der Waals surface area contributed by atoms with Gasteiger partial charge in [-0.2, -0.15) is 0 Å². The molecule has 1 saturated heterocycles. The Labute approximate surface area is 193 Å². The molecular formula is C24H28N8O. The maximum absolute atomic E-state index is 10.2.